The first-order valence-corrected chi connectivity index (χ1v) is 8.38. The Balaban J connectivity index is 2.36. The minimum Gasteiger partial charge on any atom is -0.309 e. The molecular formula is C16H28N2S. The number of hydrogen-bond acceptors (Lipinski definition) is 3. The Morgan fingerprint density at radius 3 is 2.37 bits per heavy atom. The zero-order valence-corrected chi connectivity index (χ0v) is 13.8. The summed E-state index contributed by atoms with van der Waals surface area (Å²) in [4.78, 5) is 3.74. The van der Waals surface area contributed by atoms with Crippen LogP contribution in [0.5, 0.6) is 0 Å². The van der Waals surface area contributed by atoms with Crippen LogP contribution in [0.25, 0.3) is 0 Å². The van der Waals surface area contributed by atoms with Crippen molar-refractivity contribution in [1.82, 2.24) is 10.2 Å². The van der Waals surface area contributed by atoms with E-state index in [4.69, 9.17) is 0 Å². The third-order valence-electron chi connectivity index (χ3n) is 3.87. The minimum atomic E-state index is 0.418. The van der Waals surface area contributed by atoms with Gasteiger partial charge in [-0.05, 0) is 51.3 Å². The van der Waals surface area contributed by atoms with Crippen LogP contribution < -0.4 is 5.32 Å². The summed E-state index contributed by atoms with van der Waals surface area (Å²) >= 11 is 1.79. The van der Waals surface area contributed by atoms with Crippen molar-refractivity contribution < 1.29 is 0 Å². The zero-order chi connectivity index (χ0) is 14.3. The van der Waals surface area contributed by atoms with Gasteiger partial charge in [-0.15, -0.1) is 11.8 Å². The monoisotopic (exact) mass is 280 g/mol. The van der Waals surface area contributed by atoms with Crippen LogP contribution in [0.3, 0.4) is 0 Å². The van der Waals surface area contributed by atoms with Crippen molar-refractivity contribution in [2.75, 3.05) is 26.4 Å². The molecule has 1 aromatic rings. The normalized spacial score (nSPS) is 14.6. The summed E-state index contributed by atoms with van der Waals surface area (Å²) in [6, 6.07) is 9.93. The molecule has 1 rings (SSSR count). The van der Waals surface area contributed by atoms with Crippen molar-refractivity contribution in [1.29, 1.82) is 0 Å². The summed E-state index contributed by atoms with van der Waals surface area (Å²) in [6.07, 6.45) is 3.32. The van der Waals surface area contributed by atoms with E-state index in [9.17, 15) is 0 Å². The van der Waals surface area contributed by atoms with Crippen molar-refractivity contribution in [2.24, 2.45) is 0 Å². The van der Waals surface area contributed by atoms with Crippen LogP contribution in [0.4, 0.5) is 0 Å². The Labute approximate surface area is 123 Å². The van der Waals surface area contributed by atoms with Gasteiger partial charge in [-0.2, -0.15) is 0 Å². The summed E-state index contributed by atoms with van der Waals surface area (Å²) in [5.74, 6) is 0. The van der Waals surface area contributed by atoms with E-state index in [-0.39, 0.29) is 0 Å². The molecule has 2 unspecified atom stereocenters. The molecule has 1 aromatic carbocycles. The number of nitrogens with one attached hydrogen (secondary N) is 1. The second-order valence-corrected chi connectivity index (χ2v) is 6.07. The number of likely N-dealkylation sites (N-methyl/N-ethyl adjacent to an activating group) is 1. The van der Waals surface area contributed by atoms with Gasteiger partial charge >= 0.3 is 0 Å². The van der Waals surface area contributed by atoms with Crippen LogP contribution in [-0.4, -0.2) is 37.3 Å². The van der Waals surface area contributed by atoms with E-state index in [2.05, 4.69) is 68.6 Å². The molecule has 0 fully saturated rings. The molecule has 0 spiro atoms. The highest BCUT2D eigenvalue weighted by Gasteiger charge is 2.08. The lowest BCUT2D eigenvalue weighted by Crippen LogP contribution is -2.35. The topological polar surface area (TPSA) is 15.3 Å². The maximum absolute atomic E-state index is 3.60. The Morgan fingerprint density at radius 2 is 1.84 bits per heavy atom. The lowest BCUT2D eigenvalue weighted by Gasteiger charge is -2.24. The summed E-state index contributed by atoms with van der Waals surface area (Å²) in [6.45, 7) is 8.89. The molecule has 108 valence electrons. The average molecular weight is 280 g/mol. The Bertz CT molecular complexity index is 350. The lowest BCUT2D eigenvalue weighted by atomic mass is 10.1. The largest absolute Gasteiger partial charge is 0.309 e. The van der Waals surface area contributed by atoms with Crippen molar-refractivity contribution in [3.05, 3.63) is 29.8 Å². The van der Waals surface area contributed by atoms with Gasteiger partial charge in [0.25, 0.3) is 0 Å². The molecule has 0 aromatic heterocycles. The fourth-order valence-electron chi connectivity index (χ4n) is 2.00. The number of rotatable bonds is 8. The second-order valence-electron chi connectivity index (χ2n) is 5.19. The molecule has 0 heterocycles. The maximum atomic E-state index is 3.60. The first-order chi connectivity index (χ1) is 9.08. The molecule has 0 saturated heterocycles. The SMILES string of the molecule is CCC(C)N(C)CCNC(C)c1ccc(SC)cc1. The molecule has 2 atom stereocenters. The number of benzene rings is 1. The van der Waals surface area contributed by atoms with Crippen LogP contribution in [0, 0.1) is 0 Å². The van der Waals surface area contributed by atoms with Gasteiger partial charge in [0.1, 0.15) is 0 Å². The van der Waals surface area contributed by atoms with Crippen molar-refractivity contribution in [2.45, 2.75) is 44.2 Å². The van der Waals surface area contributed by atoms with Gasteiger partial charge in [0.2, 0.25) is 0 Å². The Hall–Kier alpha value is -0.510. The molecule has 0 saturated carbocycles. The first-order valence-electron chi connectivity index (χ1n) is 7.16. The molecule has 0 aliphatic rings. The van der Waals surface area contributed by atoms with Gasteiger partial charge in [-0.25, -0.2) is 0 Å². The number of nitrogens with zero attached hydrogens (tertiary/aromatic N) is 1. The number of hydrogen-bond donors (Lipinski definition) is 1. The molecule has 0 aliphatic carbocycles. The third kappa shape index (κ3) is 5.55. The van der Waals surface area contributed by atoms with Crippen LogP contribution in [0.15, 0.2) is 29.2 Å². The second kappa shape index (κ2) is 8.62. The van der Waals surface area contributed by atoms with E-state index in [1.165, 1.54) is 16.9 Å². The quantitative estimate of drug-likeness (QED) is 0.729. The highest BCUT2D eigenvalue weighted by atomic mass is 32.2. The van der Waals surface area contributed by atoms with Crippen molar-refractivity contribution in [3.63, 3.8) is 0 Å². The molecule has 0 bridgehead atoms. The fourth-order valence-corrected chi connectivity index (χ4v) is 2.41. The predicted octanol–water partition coefficient (Wildman–Crippen LogP) is 3.79. The Morgan fingerprint density at radius 1 is 1.21 bits per heavy atom. The first kappa shape index (κ1) is 16.5. The average Bonchev–Trinajstić information content (AvgIpc) is 2.46. The van der Waals surface area contributed by atoms with E-state index in [0.717, 1.165) is 13.1 Å². The molecule has 19 heavy (non-hydrogen) atoms. The van der Waals surface area contributed by atoms with Gasteiger partial charge in [-0.3, -0.25) is 0 Å². The zero-order valence-electron chi connectivity index (χ0n) is 12.9. The van der Waals surface area contributed by atoms with E-state index in [1.807, 2.05) is 0 Å². The van der Waals surface area contributed by atoms with E-state index in [0.29, 0.717) is 12.1 Å². The van der Waals surface area contributed by atoms with Gasteiger partial charge in [-0.1, -0.05) is 19.1 Å². The van der Waals surface area contributed by atoms with Crippen molar-refractivity contribution in [3.8, 4) is 0 Å². The van der Waals surface area contributed by atoms with Crippen LogP contribution in [-0.2, 0) is 0 Å². The molecule has 0 aliphatic heterocycles. The van der Waals surface area contributed by atoms with Gasteiger partial charge in [0.15, 0.2) is 0 Å². The highest BCUT2D eigenvalue weighted by Crippen LogP contribution is 2.18. The van der Waals surface area contributed by atoms with E-state index < -0.39 is 0 Å². The molecule has 1 N–H and O–H groups in total. The van der Waals surface area contributed by atoms with Gasteiger partial charge in [0.05, 0.1) is 0 Å². The van der Waals surface area contributed by atoms with Gasteiger partial charge < -0.3 is 10.2 Å². The standard InChI is InChI=1S/C16H28N2S/c1-6-13(2)18(4)12-11-17-14(3)15-7-9-16(19-5)10-8-15/h7-10,13-14,17H,6,11-12H2,1-5H3. The molecular weight excluding hydrogens is 252 g/mol. The molecule has 0 radical (unpaired) electrons. The van der Waals surface area contributed by atoms with Gasteiger partial charge in [0, 0.05) is 30.1 Å². The smallest absolute Gasteiger partial charge is 0.0292 e. The summed E-state index contributed by atoms with van der Waals surface area (Å²) in [5, 5.41) is 3.60. The summed E-state index contributed by atoms with van der Waals surface area (Å²) in [5.41, 5.74) is 1.36. The highest BCUT2D eigenvalue weighted by molar-refractivity contribution is 7.98. The maximum Gasteiger partial charge on any atom is 0.0292 e. The third-order valence-corrected chi connectivity index (χ3v) is 4.62. The Kier molecular flexibility index (Phi) is 7.51. The van der Waals surface area contributed by atoms with E-state index >= 15 is 0 Å². The molecule has 0 amide bonds. The molecule has 2 nitrogen and oxygen atoms in total. The summed E-state index contributed by atoms with van der Waals surface area (Å²) in [7, 11) is 2.20. The fraction of sp³-hybridized carbons (Fsp3) is 0.625. The molecule has 3 heteroatoms. The van der Waals surface area contributed by atoms with Crippen LogP contribution in [0.2, 0.25) is 0 Å². The predicted molar refractivity (Wildman–Crippen MR) is 87.0 cm³/mol. The number of thioether (sulfide) groups is 1. The van der Waals surface area contributed by atoms with Crippen LogP contribution in [0.1, 0.15) is 38.8 Å². The van der Waals surface area contributed by atoms with Crippen LogP contribution >= 0.6 is 11.8 Å². The van der Waals surface area contributed by atoms with Crippen molar-refractivity contribution >= 4 is 11.8 Å². The van der Waals surface area contributed by atoms with E-state index in [1.54, 1.807) is 11.8 Å². The summed E-state index contributed by atoms with van der Waals surface area (Å²) < 4.78 is 0. The minimum absolute atomic E-state index is 0.418. The lowest BCUT2D eigenvalue weighted by molar-refractivity contribution is 0.249.